The van der Waals surface area contributed by atoms with Crippen LogP contribution in [0.4, 0.5) is 4.39 Å². The number of aryl methyl sites for hydroxylation is 2. The molecule has 0 spiro atoms. The van der Waals surface area contributed by atoms with E-state index in [0.717, 1.165) is 36.1 Å². The number of aromatic nitrogens is 1. The Balaban J connectivity index is -0.000000267. The molecule has 0 saturated heterocycles. The van der Waals surface area contributed by atoms with Gasteiger partial charge < -0.3 is 14.9 Å². The van der Waals surface area contributed by atoms with Gasteiger partial charge >= 0.3 is 0 Å². The molecule has 0 bridgehead atoms. The van der Waals surface area contributed by atoms with Crippen LogP contribution in [0.5, 0.6) is 0 Å². The molecule has 1 N–H and O–H groups in total. The molecule has 1 aromatic heterocycles. The fraction of sp³-hybridized carbons (Fsp3) is 0.511. The predicted octanol–water partition coefficient (Wildman–Crippen LogP) is 12.7. The van der Waals surface area contributed by atoms with Crippen molar-refractivity contribution in [2.75, 3.05) is 6.54 Å². The molecular weight excluding hydrogens is 636 g/mol. The van der Waals surface area contributed by atoms with E-state index in [0.29, 0.717) is 18.9 Å². The lowest BCUT2D eigenvalue weighted by Gasteiger charge is -2.09. The van der Waals surface area contributed by atoms with Gasteiger partial charge in [0.2, 0.25) is 5.91 Å². The average Bonchev–Trinajstić information content (AvgIpc) is 3.11. The minimum absolute atomic E-state index is 0.00956. The van der Waals surface area contributed by atoms with Crippen LogP contribution < -0.4 is 5.32 Å². The van der Waals surface area contributed by atoms with Gasteiger partial charge in [0.25, 0.3) is 0 Å². The molecule has 0 aliphatic heterocycles. The van der Waals surface area contributed by atoms with Crippen molar-refractivity contribution in [3.63, 3.8) is 0 Å². The number of ketones is 2. The molecule has 5 nitrogen and oxygen atoms in total. The number of fused-ring (bicyclic) bond motifs is 1. The lowest BCUT2D eigenvalue weighted by molar-refractivity contribution is -0.119. The molecular formula is C45H73FN2O3. The van der Waals surface area contributed by atoms with Gasteiger partial charge in [-0.05, 0) is 115 Å². The Hall–Kier alpha value is -3.93. The number of pyridine rings is 1. The van der Waals surface area contributed by atoms with Gasteiger partial charge in [-0.2, -0.15) is 0 Å². The molecule has 1 amide bonds. The number of allylic oxidation sites excluding steroid dienone is 3. The van der Waals surface area contributed by atoms with Crippen molar-refractivity contribution in [3.05, 3.63) is 102 Å². The summed E-state index contributed by atoms with van der Waals surface area (Å²) in [6.45, 7) is 31.0. The second-order valence-electron chi connectivity index (χ2n) is 12.1. The number of unbranched alkanes of at least 4 members (excludes halogenated alkanes) is 1. The van der Waals surface area contributed by atoms with Crippen LogP contribution in [0.2, 0.25) is 0 Å². The standard InChI is InChI=1S/C10H9N.C9H11F.C9H17NO2.C8H16.C4H8.C3H6O.C2H6/c1-8-6-9-4-2-3-5-10(9)7-11-8;1-3-8-5-4-6-9(10)7(8)2;1-7(4-5-8(2)11)6-10-9(3)12;1-4-6-7-8(3)5-2;1-3-4-2;1-3(2)4;1-2/h2-7H,1H3;4-6H,3H2,1-2H3;7H,4-6H2,1-3H3,(H,10,12);3-7H2,1-2H3;3-4H,1-2H3;1-2H3;1-2H3/b;;;;4-3-;;. The SMILES string of the molecule is C/C=C\C.C=C(CC)CCCC.CC.CC(=O)CCC(C)CNC(C)=O.CC(C)=O.CCc1cccc(F)c1C.Cc1cc2ccccc2cn1. The van der Waals surface area contributed by atoms with E-state index in [4.69, 9.17) is 0 Å². The highest BCUT2D eigenvalue weighted by Crippen LogP contribution is 2.13. The lowest BCUT2D eigenvalue weighted by atomic mass is 10.0. The summed E-state index contributed by atoms with van der Waals surface area (Å²) in [6, 6.07) is 15.5. The number of carbonyl (C=O) groups excluding carboxylic acids is 3. The Morgan fingerprint density at radius 1 is 0.882 bits per heavy atom. The van der Waals surface area contributed by atoms with Crippen LogP contribution in [-0.2, 0) is 20.8 Å². The van der Waals surface area contributed by atoms with Crippen LogP contribution in [0, 0.1) is 25.6 Å². The number of amides is 1. The van der Waals surface area contributed by atoms with Crippen LogP contribution in [0.15, 0.2) is 79.0 Å². The zero-order valence-corrected chi connectivity index (χ0v) is 34.8. The first-order chi connectivity index (χ1) is 24.1. The highest BCUT2D eigenvalue weighted by molar-refractivity contribution is 5.81. The third-order valence-electron chi connectivity index (χ3n) is 6.93. The van der Waals surface area contributed by atoms with E-state index >= 15 is 0 Å². The summed E-state index contributed by atoms with van der Waals surface area (Å²) in [7, 11) is 0. The second kappa shape index (κ2) is 37.3. The lowest BCUT2D eigenvalue weighted by Crippen LogP contribution is -2.25. The third kappa shape index (κ3) is 37.2. The van der Waals surface area contributed by atoms with E-state index in [9.17, 15) is 18.8 Å². The molecule has 0 aliphatic carbocycles. The third-order valence-corrected chi connectivity index (χ3v) is 6.93. The van der Waals surface area contributed by atoms with Gasteiger partial charge in [-0.3, -0.25) is 9.78 Å². The normalized spacial score (nSPS) is 9.86. The van der Waals surface area contributed by atoms with Gasteiger partial charge in [-0.25, -0.2) is 4.39 Å². The number of hydrogen-bond donors (Lipinski definition) is 1. The molecule has 288 valence electrons. The fourth-order valence-electron chi connectivity index (χ4n) is 3.70. The Morgan fingerprint density at radius 3 is 1.86 bits per heavy atom. The zero-order valence-electron chi connectivity index (χ0n) is 34.8. The van der Waals surface area contributed by atoms with Crippen molar-refractivity contribution in [3.8, 4) is 0 Å². The highest BCUT2D eigenvalue weighted by Gasteiger charge is 2.04. The van der Waals surface area contributed by atoms with Crippen LogP contribution in [0.25, 0.3) is 10.8 Å². The topological polar surface area (TPSA) is 76.1 Å². The number of carbonyl (C=O) groups is 3. The van der Waals surface area contributed by atoms with Crippen molar-refractivity contribution >= 4 is 28.2 Å². The number of hydrogen-bond acceptors (Lipinski definition) is 4. The van der Waals surface area contributed by atoms with Crippen molar-refractivity contribution in [1.82, 2.24) is 10.3 Å². The largest absolute Gasteiger partial charge is 0.356 e. The summed E-state index contributed by atoms with van der Waals surface area (Å²) in [4.78, 5) is 34.8. The van der Waals surface area contributed by atoms with Gasteiger partial charge in [-0.1, -0.05) is 109 Å². The Morgan fingerprint density at radius 2 is 1.43 bits per heavy atom. The highest BCUT2D eigenvalue weighted by atomic mass is 19.1. The minimum Gasteiger partial charge on any atom is -0.356 e. The summed E-state index contributed by atoms with van der Waals surface area (Å²) in [5.74, 6) is 0.659. The summed E-state index contributed by atoms with van der Waals surface area (Å²) in [5, 5.41) is 5.19. The summed E-state index contributed by atoms with van der Waals surface area (Å²) >= 11 is 0. The molecule has 2 aromatic carbocycles. The Labute approximate surface area is 312 Å². The van der Waals surface area contributed by atoms with Crippen LogP contribution in [0.1, 0.15) is 138 Å². The molecule has 1 atom stereocenters. The number of nitrogens with zero attached hydrogens (tertiary/aromatic N) is 1. The van der Waals surface area contributed by atoms with E-state index < -0.39 is 0 Å². The molecule has 0 saturated carbocycles. The maximum atomic E-state index is 12.8. The zero-order chi connectivity index (χ0) is 40.2. The van der Waals surface area contributed by atoms with E-state index in [-0.39, 0.29) is 23.3 Å². The minimum atomic E-state index is -0.0978. The quantitative estimate of drug-likeness (QED) is 0.213. The fourth-order valence-corrected chi connectivity index (χ4v) is 3.70. The number of nitrogens with one attached hydrogen (secondary N) is 1. The van der Waals surface area contributed by atoms with E-state index in [2.05, 4.69) is 48.9 Å². The number of Topliss-reactive ketones (excluding diaryl/α,β-unsaturated/α-hetero) is 2. The first kappa shape index (κ1) is 53.9. The maximum absolute atomic E-state index is 12.8. The summed E-state index contributed by atoms with van der Waals surface area (Å²) in [5.41, 5.74) is 4.35. The number of halogens is 1. The maximum Gasteiger partial charge on any atom is 0.216 e. The molecule has 0 aliphatic rings. The van der Waals surface area contributed by atoms with E-state index in [1.165, 1.54) is 62.4 Å². The molecule has 6 heteroatoms. The molecule has 1 heterocycles. The van der Waals surface area contributed by atoms with E-state index in [1.54, 1.807) is 13.0 Å². The van der Waals surface area contributed by atoms with Crippen LogP contribution in [-0.4, -0.2) is 29.0 Å². The molecule has 51 heavy (non-hydrogen) atoms. The first-order valence-corrected chi connectivity index (χ1v) is 18.6. The Bertz CT molecular complexity index is 1340. The number of rotatable bonds is 10. The van der Waals surface area contributed by atoms with Gasteiger partial charge in [0.05, 0.1) is 0 Å². The average molecular weight is 709 g/mol. The molecule has 0 radical (unpaired) electrons. The van der Waals surface area contributed by atoms with E-state index in [1.807, 2.05) is 91.9 Å². The molecule has 1 unspecified atom stereocenters. The van der Waals surface area contributed by atoms with Gasteiger partial charge in [0, 0.05) is 37.2 Å². The predicted molar refractivity (Wildman–Crippen MR) is 222 cm³/mol. The molecule has 0 fully saturated rings. The van der Waals surface area contributed by atoms with Crippen molar-refractivity contribution < 1.29 is 18.8 Å². The second-order valence-corrected chi connectivity index (χ2v) is 12.1. The van der Waals surface area contributed by atoms with Gasteiger partial charge in [-0.15, -0.1) is 0 Å². The monoisotopic (exact) mass is 709 g/mol. The van der Waals surface area contributed by atoms with Crippen LogP contribution >= 0.6 is 0 Å². The smallest absolute Gasteiger partial charge is 0.216 e. The van der Waals surface area contributed by atoms with Crippen molar-refractivity contribution in [1.29, 1.82) is 0 Å². The first-order valence-electron chi connectivity index (χ1n) is 18.6. The van der Waals surface area contributed by atoms with Crippen molar-refractivity contribution in [2.45, 2.75) is 142 Å². The number of benzene rings is 2. The Kier molecular flexibility index (Phi) is 39.4. The van der Waals surface area contributed by atoms with Crippen molar-refractivity contribution in [2.24, 2.45) is 5.92 Å². The molecule has 3 rings (SSSR count). The summed E-state index contributed by atoms with van der Waals surface area (Å²) < 4.78 is 12.8. The van der Waals surface area contributed by atoms with Gasteiger partial charge in [0.15, 0.2) is 0 Å². The molecule has 3 aromatic rings. The van der Waals surface area contributed by atoms with Gasteiger partial charge in [0.1, 0.15) is 17.4 Å². The summed E-state index contributed by atoms with van der Waals surface area (Å²) in [6.07, 6.45) is 13.3. The van der Waals surface area contributed by atoms with Crippen LogP contribution in [0.3, 0.4) is 0 Å².